The van der Waals surface area contributed by atoms with E-state index < -0.39 is 0 Å². The average molecular weight is 236 g/mol. The first-order valence-corrected chi connectivity index (χ1v) is 6.00. The van der Waals surface area contributed by atoms with Crippen LogP contribution in [0.3, 0.4) is 0 Å². The van der Waals surface area contributed by atoms with Gasteiger partial charge < -0.3 is 5.32 Å². The van der Waals surface area contributed by atoms with Crippen LogP contribution in [0.4, 0.5) is 0 Å². The minimum atomic E-state index is 0.254. The largest absolute Gasteiger partial charge is 0.353 e. The Morgan fingerprint density at radius 3 is 2.18 bits per heavy atom. The Balaban J connectivity index is 4.74. The highest BCUT2D eigenvalue weighted by atomic mass is 15.2. The Hall–Kier alpha value is -1.50. The number of guanidine groups is 1. The Kier molecular flexibility index (Phi) is 7.04. The fourth-order valence-electron chi connectivity index (χ4n) is 1.53. The molecule has 0 amide bonds. The normalized spacial score (nSPS) is 11.4. The van der Waals surface area contributed by atoms with Crippen molar-refractivity contribution < 1.29 is 0 Å². The second kappa shape index (κ2) is 7.72. The minimum Gasteiger partial charge on any atom is -0.353 e. The smallest absolute Gasteiger partial charge is 0.205 e. The maximum atomic E-state index is 8.64. The van der Waals surface area contributed by atoms with E-state index in [1.54, 1.807) is 0 Å². The number of nitriles is 1. The van der Waals surface area contributed by atoms with Crippen molar-refractivity contribution in [1.29, 1.82) is 5.26 Å². The van der Waals surface area contributed by atoms with E-state index in [1.807, 2.05) is 20.0 Å². The highest BCUT2D eigenvalue weighted by molar-refractivity contribution is 5.81. The summed E-state index contributed by atoms with van der Waals surface area (Å²) in [5.74, 6) is 1.02. The quantitative estimate of drug-likeness (QED) is 0.259. The van der Waals surface area contributed by atoms with Crippen LogP contribution in [-0.4, -0.2) is 18.5 Å². The van der Waals surface area contributed by atoms with Gasteiger partial charge in [-0.25, -0.2) is 4.99 Å². The van der Waals surface area contributed by atoms with Gasteiger partial charge in [-0.1, -0.05) is 19.4 Å². The van der Waals surface area contributed by atoms with Crippen LogP contribution < -0.4 is 10.6 Å². The van der Waals surface area contributed by atoms with Crippen LogP contribution in [0, 0.1) is 17.4 Å². The lowest BCUT2D eigenvalue weighted by Gasteiger charge is -2.14. The summed E-state index contributed by atoms with van der Waals surface area (Å²) in [6.07, 6.45) is 1.90. The molecule has 0 bridgehead atoms. The summed E-state index contributed by atoms with van der Waals surface area (Å²) in [5.41, 5.74) is 2.61. The van der Waals surface area contributed by atoms with Crippen molar-refractivity contribution in [2.45, 2.75) is 47.6 Å². The minimum absolute atomic E-state index is 0.254. The SMILES string of the molecule is CC(C)=C(CN=C(NC#N)NC(C)C)C(C)C. The van der Waals surface area contributed by atoms with Gasteiger partial charge in [0.25, 0.3) is 0 Å². The van der Waals surface area contributed by atoms with Crippen molar-refractivity contribution in [2.75, 3.05) is 6.54 Å². The van der Waals surface area contributed by atoms with Crippen molar-refractivity contribution in [1.82, 2.24) is 10.6 Å². The van der Waals surface area contributed by atoms with E-state index >= 15 is 0 Å². The third-order valence-corrected chi connectivity index (χ3v) is 2.35. The summed E-state index contributed by atoms with van der Waals surface area (Å²) in [5, 5.41) is 14.3. The highest BCUT2D eigenvalue weighted by Gasteiger charge is 2.06. The fourth-order valence-corrected chi connectivity index (χ4v) is 1.53. The zero-order valence-corrected chi connectivity index (χ0v) is 11.8. The molecule has 4 heteroatoms. The number of allylic oxidation sites excluding steroid dienone is 1. The van der Waals surface area contributed by atoms with E-state index in [0.29, 0.717) is 18.4 Å². The highest BCUT2D eigenvalue weighted by Crippen LogP contribution is 2.14. The van der Waals surface area contributed by atoms with Crippen LogP contribution in [-0.2, 0) is 0 Å². The molecule has 0 aromatic carbocycles. The second-order valence-electron chi connectivity index (χ2n) is 4.88. The predicted octanol–water partition coefficient (Wildman–Crippen LogP) is 2.40. The number of nitrogens with zero attached hydrogens (tertiary/aromatic N) is 2. The van der Waals surface area contributed by atoms with Crippen molar-refractivity contribution in [3.8, 4) is 6.19 Å². The molecule has 0 rings (SSSR count). The molecule has 0 saturated carbocycles. The Morgan fingerprint density at radius 1 is 1.24 bits per heavy atom. The third-order valence-electron chi connectivity index (χ3n) is 2.35. The van der Waals surface area contributed by atoms with Crippen molar-refractivity contribution >= 4 is 5.96 Å². The van der Waals surface area contributed by atoms with Gasteiger partial charge in [-0.3, -0.25) is 5.32 Å². The van der Waals surface area contributed by atoms with Gasteiger partial charge in [0, 0.05) is 6.04 Å². The van der Waals surface area contributed by atoms with Crippen LogP contribution >= 0.6 is 0 Å². The lowest BCUT2D eigenvalue weighted by atomic mass is 9.99. The summed E-state index contributed by atoms with van der Waals surface area (Å²) in [4.78, 5) is 4.41. The van der Waals surface area contributed by atoms with Gasteiger partial charge in [-0.2, -0.15) is 5.26 Å². The fraction of sp³-hybridized carbons (Fsp3) is 0.692. The van der Waals surface area contributed by atoms with E-state index in [-0.39, 0.29) is 6.04 Å². The Labute approximate surface area is 105 Å². The summed E-state index contributed by atoms with van der Waals surface area (Å²) in [6.45, 7) is 13.2. The molecule has 0 aromatic heterocycles. The van der Waals surface area contributed by atoms with Gasteiger partial charge in [-0.15, -0.1) is 0 Å². The molecule has 2 N–H and O–H groups in total. The molecule has 0 atom stereocenters. The topological polar surface area (TPSA) is 60.2 Å². The standard InChI is InChI=1S/C13H24N4/c1-9(2)12(10(3)4)7-15-13(16-8-14)17-11(5)6/h9,11H,7H2,1-6H3,(H2,15,16,17). The maximum Gasteiger partial charge on any atom is 0.205 e. The van der Waals surface area contributed by atoms with E-state index in [1.165, 1.54) is 11.1 Å². The van der Waals surface area contributed by atoms with Gasteiger partial charge in [-0.05, 0) is 39.2 Å². The third kappa shape index (κ3) is 6.62. The van der Waals surface area contributed by atoms with Crippen LogP contribution in [0.5, 0.6) is 0 Å². The monoisotopic (exact) mass is 236 g/mol. The van der Waals surface area contributed by atoms with Crippen molar-refractivity contribution in [3.63, 3.8) is 0 Å². The summed E-state index contributed by atoms with van der Waals surface area (Å²) in [6, 6.07) is 0.254. The molecule has 17 heavy (non-hydrogen) atoms. The zero-order valence-electron chi connectivity index (χ0n) is 11.8. The van der Waals surface area contributed by atoms with E-state index in [4.69, 9.17) is 5.26 Å². The lowest BCUT2D eigenvalue weighted by Crippen LogP contribution is -2.39. The lowest BCUT2D eigenvalue weighted by molar-refractivity contribution is 0.705. The molecule has 0 unspecified atom stereocenters. The molecule has 0 heterocycles. The molecule has 4 nitrogen and oxygen atoms in total. The second-order valence-corrected chi connectivity index (χ2v) is 4.88. The molecule has 0 aliphatic rings. The van der Waals surface area contributed by atoms with Gasteiger partial charge in [0.1, 0.15) is 0 Å². The van der Waals surface area contributed by atoms with E-state index in [2.05, 4.69) is 43.3 Å². The summed E-state index contributed by atoms with van der Waals surface area (Å²) in [7, 11) is 0. The van der Waals surface area contributed by atoms with Gasteiger partial charge in [0.2, 0.25) is 5.96 Å². The molecule has 0 radical (unpaired) electrons. The average Bonchev–Trinajstić information content (AvgIpc) is 2.15. The first kappa shape index (κ1) is 15.5. The Bertz CT molecular complexity index is 328. The van der Waals surface area contributed by atoms with E-state index in [9.17, 15) is 0 Å². The summed E-state index contributed by atoms with van der Waals surface area (Å²) < 4.78 is 0. The first-order valence-electron chi connectivity index (χ1n) is 6.00. The molecule has 0 aliphatic carbocycles. The first-order chi connectivity index (χ1) is 7.88. The number of hydrogen-bond donors (Lipinski definition) is 2. The van der Waals surface area contributed by atoms with Gasteiger partial charge >= 0.3 is 0 Å². The van der Waals surface area contributed by atoms with Crippen molar-refractivity contribution in [3.05, 3.63) is 11.1 Å². The number of rotatable bonds is 4. The molecular weight excluding hydrogens is 212 g/mol. The van der Waals surface area contributed by atoms with Crippen molar-refractivity contribution in [2.24, 2.45) is 10.9 Å². The molecule has 0 aromatic rings. The van der Waals surface area contributed by atoms with E-state index in [0.717, 1.165) is 0 Å². The molecule has 0 saturated heterocycles. The number of nitrogens with one attached hydrogen (secondary N) is 2. The van der Waals surface area contributed by atoms with Crippen LogP contribution in [0.15, 0.2) is 16.1 Å². The molecule has 0 aliphatic heterocycles. The number of aliphatic imine (C=N–C) groups is 1. The van der Waals surface area contributed by atoms with Gasteiger partial charge in [0.15, 0.2) is 6.19 Å². The van der Waals surface area contributed by atoms with Gasteiger partial charge in [0.05, 0.1) is 6.54 Å². The summed E-state index contributed by atoms with van der Waals surface area (Å²) >= 11 is 0. The molecular formula is C13H24N4. The van der Waals surface area contributed by atoms with Crippen LogP contribution in [0.25, 0.3) is 0 Å². The van der Waals surface area contributed by atoms with Crippen LogP contribution in [0.2, 0.25) is 0 Å². The predicted molar refractivity (Wildman–Crippen MR) is 72.5 cm³/mol. The molecule has 0 spiro atoms. The molecule has 96 valence electrons. The Morgan fingerprint density at radius 2 is 1.82 bits per heavy atom. The van der Waals surface area contributed by atoms with Crippen LogP contribution in [0.1, 0.15) is 41.5 Å². The zero-order chi connectivity index (χ0) is 13.4. The maximum absolute atomic E-state index is 8.64. The number of hydrogen-bond acceptors (Lipinski definition) is 2. The molecule has 0 fully saturated rings.